The predicted molar refractivity (Wildman–Crippen MR) is 135 cm³/mol. The fourth-order valence-electron chi connectivity index (χ4n) is 4.91. The summed E-state index contributed by atoms with van der Waals surface area (Å²) in [6.07, 6.45) is 5.48. The Hall–Kier alpha value is -3.06. The number of hydrogen-bond acceptors (Lipinski definition) is 5. The predicted octanol–water partition coefficient (Wildman–Crippen LogP) is 3.31. The Kier molecular flexibility index (Phi) is 8.41. The third-order valence-electron chi connectivity index (χ3n) is 6.83. The van der Waals surface area contributed by atoms with Crippen LogP contribution in [0, 0.1) is 0 Å². The second-order valence-corrected chi connectivity index (χ2v) is 9.11. The van der Waals surface area contributed by atoms with Crippen molar-refractivity contribution in [3.05, 3.63) is 59.7 Å². The van der Waals surface area contributed by atoms with Gasteiger partial charge in [-0.25, -0.2) is 0 Å². The highest BCUT2D eigenvalue weighted by molar-refractivity contribution is 6.00. The average Bonchev–Trinajstić information content (AvgIpc) is 2.89. The molecule has 2 N–H and O–H groups in total. The number of carbonyl (C=O) groups is 2. The molecule has 7 heteroatoms. The molecular formula is C27H36N4O3. The van der Waals surface area contributed by atoms with Crippen molar-refractivity contribution in [2.24, 2.45) is 0 Å². The number of anilines is 1. The van der Waals surface area contributed by atoms with E-state index in [1.165, 1.54) is 19.3 Å². The molecule has 2 aromatic rings. The van der Waals surface area contributed by atoms with Crippen LogP contribution in [0.15, 0.2) is 48.5 Å². The fourth-order valence-corrected chi connectivity index (χ4v) is 4.91. The van der Waals surface area contributed by atoms with E-state index < -0.39 is 0 Å². The van der Waals surface area contributed by atoms with E-state index in [-0.39, 0.29) is 17.9 Å². The third-order valence-corrected chi connectivity index (χ3v) is 6.83. The topological polar surface area (TPSA) is 73.9 Å². The van der Waals surface area contributed by atoms with Gasteiger partial charge in [-0.3, -0.25) is 9.59 Å². The van der Waals surface area contributed by atoms with Crippen molar-refractivity contribution < 1.29 is 14.3 Å². The summed E-state index contributed by atoms with van der Waals surface area (Å²) in [4.78, 5) is 30.4. The van der Waals surface area contributed by atoms with Crippen LogP contribution in [0.25, 0.3) is 0 Å². The molecule has 2 amide bonds. The van der Waals surface area contributed by atoms with Crippen LogP contribution in [0.3, 0.4) is 0 Å². The highest BCUT2D eigenvalue weighted by Gasteiger charge is 2.25. The molecule has 0 bridgehead atoms. The Morgan fingerprint density at radius 1 is 0.882 bits per heavy atom. The van der Waals surface area contributed by atoms with Crippen LogP contribution in [-0.4, -0.2) is 69.1 Å². The SMILES string of the molecule is COc1ccccc1C(=O)NC1CCN(c2ccccc2C(=O)NCCN2CCCCC2)CC1. The molecule has 0 aliphatic carbocycles. The average molecular weight is 465 g/mol. The van der Waals surface area contributed by atoms with E-state index in [1.807, 2.05) is 36.4 Å². The zero-order valence-electron chi connectivity index (χ0n) is 20.1. The van der Waals surface area contributed by atoms with Gasteiger partial charge in [0.2, 0.25) is 0 Å². The lowest BCUT2D eigenvalue weighted by Crippen LogP contribution is -2.45. The van der Waals surface area contributed by atoms with E-state index in [2.05, 4.69) is 20.4 Å². The Morgan fingerprint density at radius 2 is 1.56 bits per heavy atom. The van der Waals surface area contributed by atoms with Gasteiger partial charge >= 0.3 is 0 Å². The Morgan fingerprint density at radius 3 is 2.29 bits per heavy atom. The maximum atomic E-state index is 13.0. The first-order valence-electron chi connectivity index (χ1n) is 12.4. The van der Waals surface area contributed by atoms with Crippen molar-refractivity contribution in [1.29, 1.82) is 0 Å². The fraction of sp³-hybridized carbons (Fsp3) is 0.481. The van der Waals surface area contributed by atoms with Gasteiger partial charge in [0.05, 0.1) is 18.2 Å². The van der Waals surface area contributed by atoms with Crippen molar-refractivity contribution >= 4 is 17.5 Å². The number of carbonyl (C=O) groups excluding carboxylic acids is 2. The molecule has 2 fully saturated rings. The Bertz CT molecular complexity index is 966. The van der Waals surface area contributed by atoms with Gasteiger partial charge in [-0.05, 0) is 63.0 Å². The summed E-state index contributed by atoms with van der Waals surface area (Å²) in [5.74, 6) is 0.459. The second kappa shape index (κ2) is 11.9. The van der Waals surface area contributed by atoms with Gasteiger partial charge in [0, 0.05) is 37.9 Å². The quantitative estimate of drug-likeness (QED) is 0.627. The monoisotopic (exact) mass is 464 g/mol. The van der Waals surface area contributed by atoms with E-state index in [1.54, 1.807) is 19.2 Å². The molecule has 2 heterocycles. The van der Waals surface area contributed by atoms with Gasteiger partial charge in [-0.2, -0.15) is 0 Å². The van der Waals surface area contributed by atoms with Crippen molar-refractivity contribution in [2.75, 3.05) is 51.3 Å². The van der Waals surface area contributed by atoms with Crippen molar-refractivity contribution in [3.8, 4) is 5.75 Å². The number of nitrogens with one attached hydrogen (secondary N) is 2. The third kappa shape index (κ3) is 6.08. The second-order valence-electron chi connectivity index (χ2n) is 9.11. The van der Waals surface area contributed by atoms with E-state index >= 15 is 0 Å². The summed E-state index contributed by atoms with van der Waals surface area (Å²) in [5, 5.41) is 6.26. The maximum absolute atomic E-state index is 13.0. The van der Waals surface area contributed by atoms with E-state index in [0.29, 0.717) is 17.9 Å². The van der Waals surface area contributed by atoms with Gasteiger partial charge in [-0.1, -0.05) is 30.7 Å². The Balaban J connectivity index is 1.30. The number of benzene rings is 2. The highest BCUT2D eigenvalue weighted by Crippen LogP contribution is 2.25. The van der Waals surface area contributed by atoms with Gasteiger partial charge in [0.1, 0.15) is 5.75 Å². The molecule has 2 saturated heterocycles. The van der Waals surface area contributed by atoms with Crippen LogP contribution in [0.2, 0.25) is 0 Å². The molecule has 182 valence electrons. The summed E-state index contributed by atoms with van der Waals surface area (Å²) in [7, 11) is 1.58. The minimum Gasteiger partial charge on any atom is -0.496 e. The minimum atomic E-state index is -0.107. The zero-order chi connectivity index (χ0) is 23.8. The number of piperidine rings is 2. The molecule has 0 saturated carbocycles. The van der Waals surface area contributed by atoms with Gasteiger partial charge < -0.3 is 25.2 Å². The molecule has 34 heavy (non-hydrogen) atoms. The van der Waals surface area contributed by atoms with Gasteiger partial charge in [-0.15, -0.1) is 0 Å². The van der Waals surface area contributed by atoms with Crippen LogP contribution in [0.1, 0.15) is 52.8 Å². The number of likely N-dealkylation sites (tertiary alicyclic amines) is 1. The molecule has 0 radical (unpaired) electrons. The number of amides is 2. The van der Waals surface area contributed by atoms with Crippen LogP contribution in [0.4, 0.5) is 5.69 Å². The molecule has 7 nitrogen and oxygen atoms in total. The van der Waals surface area contributed by atoms with Crippen molar-refractivity contribution in [1.82, 2.24) is 15.5 Å². The van der Waals surface area contributed by atoms with Gasteiger partial charge in [0.15, 0.2) is 0 Å². The number of hydrogen-bond donors (Lipinski definition) is 2. The number of para-hydroxylation sites is 2. The molecule has 2 aliphatic rings. The van der Waals surface area contributed by atoms with Crippen molar-refractivity contribution in [2.45, 2.75) is 38.1 Å². The molecular weight excluding hydrogens is 428 g/mol. The molecule has 4 rings (SSSR count). The number of nitrogens with zero attached hydrogens (tertiary/aromatic N) is 2. The molecule has 0 unspecified atom stereocenters. The summed E-state index contributed by atoms with van der Waals surface area (Å²) in [6.45, 7) is 5.42. The summed E-state index contributed by atoms with van der Waals surface area (Å²) >= 11 is 0. The smallest absolute Gasteiger partial charge is 0.255 e. The van der Waals surface area contributed by atoms with Crippen LogP contribution >= 0.6 is 0 Å². The largest absolute Gasteiger partial charge is 0.496 e. The molecule has 2 aliphatic heterocycles. The standard InChI is InChI=1S/C27H36N4O3/c1-34-25-12-6-4-10-23(25)27(33)29-21-13-18-31(19-14-21)24-11-5-3-9-22(24)26(32)28-15-20-30-16-7-2-8-17-30/h3-6,9-12,21H,2,7-8,13-20H2,1H3,(H,28,32)(H,29,33). The lowest BCUT2D eigenvalue weighted by Gasteiger charge is -2.35. The number of rotatable bonds is 8. The summed E-state index contributed by atoms with van der Waals surface area (Å²) in [6, 6.07) is 15.2. The molecule has 0 aromatic heterocycles. The molecule has 0 spiro atoms. The zero-order valence-corrected chi connectivity index (χ0v) is 20.1. The lowest BCUT2D eigenvalue weighted by atomic mass is 10.0. The lowest BCUT2D eigenvalue weighted by molar-refractivity contribution is 0.0926. The van der Waals surface area contributed by atoms with E-state index in [4.69, 9.17) is 4.74 Å². The van der Waals surface area contributed by atoms with Crippen LogP contribution in [0.5, 0.6) is 5.75 Å². The molecule has 0 atom stereocenters. The first-order chi connectivity index (χ1) is 16.7. The van der Waals surface area contributed by atoms with Crippen LogP contribution in [-0.2, 0) is 0 Å². The normalized spacial score (nSPS) is 17.3. The first kappa shape index (κ1) is 24.1. The van der Waals surface area contributed by atoms with Crippen molar-refractivity contribution in [3.63, 3.8) is 0 Å². The minimum absolute atomic E-state index is 0.0146. The Labute approximate surface area is 202 Å². The maximum Gasteiger partial charge on any atom is 0.255 e. The van der Waals surface area contributed by atoms with E-state index in [0.717, 1.165) is 56.8 Å². The first-order valence-corrected chi connectivity index (χ1v) is 12.4. The summed E-state index contributed by atoms with van der Waals surface area (Å²) < 4.78 is 5.32. The van der Waals surface area contributed by atoms with E-state index in [9.17, 15) is 9.59 Å². The van der Waals surface area contributed by atoms with Crippen LogP contribution < -0.4 is 20.3 Å². The number of ether oxygens (including phenoxy) is 1. The molecule has 2 aromatic carbocycles. The number of methoxy groups -OCH3 is 1. The highest BCUT2D eigenvalue weighted by atomic mass is 16.5. The summed E-state index contributed by atoms with van der Waals surface area (Å²) in [5.41, 5.74) is 2.24. The van der Waals surface area contributed by atoms with Gasteiger partial charge in [0.25, 0.3) is 11.8 Å².